The maximum Gasteiger partial charge on any atom is 0.249 e. The number of hydrogen-bond acceptors (Lipinski definition) is 6. The molecule has 8 nitrogen and oxygen atoms in total. The summed E-state index contributed by atoms with van der Waals surface area (Å²) in [5.74, 6) is -1.53. The lowest BCUT2D eigenvalue weighted by Gasteiger charge is -2.34. The van der Waals surface area contributed by atoms with Crippen molar-refractivity contribution in [2.45, 2.75) is 43.9 Å². The van der Waals surface area contributed by atoms with Gasteiger partial charge in [0.15, 0.2) is 10.7 Å². The zero-order valence-electron chi connectivity index (χ0n) is 17.1. The first-order valence-electron chi connectivity index (χ1n) is 9.55. The Labute approximate surface area is 173 Å². The number of nitrogens with zero attached hydrogens (tertiary/aromatic N) is 4. The number of benzene rings is 1. The van der Waals surface area contributed by atoms with Crippen molar-refractivity contribution < 1.29 is 26.5 Å². The molecule has 0 atom stereocenters. The zero-order chi connectivity index (χ0) is 22.1. The van der Waals surface area contributed by atoms with Crippen molar-refractivity contribution in [2.24, 2.45) is 0 Å². The van der Waals surface area contributed by atoms with E-state index < -0.39 is 26.6 Å². The smallest absolute Gasteiger partial charge is 0.249 e. The molecule has 1 aliphatic rings. The summed E-state index contributed by atoms with van der Waals surface area (Å²) in [6, 6.07) is 2.91. The highest BCUT2D eigenvalue weighted by Gasteiger charge is 2.34. The van der Waals surface area contributed by atoms with E-state index in [9.17, 15) is 22.0 Å². The molecule has 0 unspecified atom stereocenters. The van der Waals surface area contributed by atoms with Crippen LogP contribution in [0.25, 0.3) is 0 Å². The van der Waals surface area contributed by atoms with E-state index in [0.717, 1.165) is 22.5 Å². The summed E-state index contributed by atoms with van der Waals surface area (Å²) >= 11 is 0. The van der Waals surface area contributed by atoms with Crippen LogP contribution in [0.4, 0.5) is 8.78 Å². The Morgan fingerprint density at radius 2 is 1.73 bits per heavy atom. The summed E-state index contributed by atoms with van der Waals surface area (Å²) in [6.07, 6.45) is 0.418. The van der Waals surface area contributed by atoms with Crippen molar-refractivity contribution in [3.8, 4) is 0 Å². The quantitative estimate of drug-likeness (QED) is 0.704. The number of halogens is 2. The summed E-state index contributed by atoms with van der Waals surface area (Å²) in [7, 11) is -4.33. The number of rotatable bonds is 5. The van der Waals surface area contributed by atoms with Crippen LogP contribution in [0.1, 0.15) is 38.9 Å². The van der Waals surface area contributed by atoms with Crippen molar-refractivity contribution in [2.75, 3.05) is 26.2 Å². The third-order valence-corrected chi connectivity index (χ3v) is 6.75. The Morgan fingerprint density at radius 3 is 2.27 bits per heavy atom. The summed E-state index contributed by atoms with van der Waals surface area (Å²) in [4.78, 5) is 17.3. The Bertz CT molecular complexity index is 1010. The van der Waals surface area contributed by atoms with Crippen LogP contribution in [0.3, 0.4) is 0 Å². The van der Waals surface area contributed by atoms with Gasteiger partial charge in [-0.15, -0.1) is 0 Å². The molecule has 2 aromatic rings. The van der Waals surface area contributed by atoms with E-state index in [1.54, 1.807) is 0 Å². The van der Waals surface area contributed by atoms with E-state index in [0.29, 0.717) is 11.7 Å². The Morgan fingerprint density at radius 1 is 1.13 bits per heavy atom. The number of aromatic nitrogens is 2. The fraction of sp³-hybridized carbons (Fsp3) is 0.526. The predicted octanol–water partition coefficient (Wildman–Crippen LogP) is 2.11. The highest BCUT2D eigenvalue weighted by atomic mass is 32.2. The summed E-state index contributed by atoms with van der Waals surface area (Å²) in [5.41, 5.74) is -0.259. The molecule has 3 rings (SSSR count). The molecule has 1 saturated heterocycles. The van der Waals surface area contributed by atoms with Gasteiger partial charge in [-0.1, -0.05) is 32.0 Å². The van der Waals surface area contributed by atoms with E-state index in [1.807, 2.05) is 20.8 Å². The summed E-state index contributed by atoms with van der Waals surface area (Å²) in [6.45, 7) is 6.03. The molecule has 1 aromatic heterocycles. The standard InChI is InChI=1S/C19H24F2N4O4S/c1-19(2,3)18-22-15(29-23-18)7-8-16(26)24-9-11-25(12-10-24)30(27,28)17-13(20)5-4-6-14(17)21/h4-6H,7-12H2,1-3H3. The highest BCUT2D eigenvalue weighted by molar-refractivity contribution is 7.89. The first kappa shape index (κ1) is 22.3. The van der Waals surface area contributed by atoms with Gasteiger partial charge >= 0.3 is 0 Å². The highest BCUT2D eigenvalue weighted by Crippen LogP contribution is 2.24. The SMILES string of the molecule is CC(C)(C)c1noc(CCC(=O)N2CCN(S(=O)(=O)c3c(F)cccc3F)CC2)n1. The molecule has 0 bridgehead atoms. The maximum absolute atomic E-state index is 13.9. The molecule has 1 aliphatic heterocycles. The molecular weight excluding hydrogens is 418 g/mol. The van der Waals surface area contributed by atoms with Gasteiger partial charge in [-0.05, 0) is 12.1 Å². The van der Waals surface area contributed by atoms with Gasteiger partial charge in [0.25, 0.3) is 0 Å². The van der Waals surface area contributed by atoms with Crippen LogP contribution in [0.2, 0.25) is 0 Å². The molecule has 0 N–H and O–H groups in total. The average Bonchev–Trinajstić information content (AvgIpc) is 3.15. The lowest BCUT2D eigenvalue weighted by Crippen LogP contribution is -2.50. The van der Waals surface area contributed by atoms with E-state index >= 15 is 0 Å². The van der Waals surface area contributed by atoms with Crippen LogP contribution in [0, 0.1) is 11.6 Å². The van der Waals surface area contributed by atoms with Gasteiger partial charge in [-0.25, -0.2) is 17.2 Å². The molecule has 1 amide bonds. The molecular formula is C19H24F2N4O4S. The van der Waals surface area contributed by atoms with Gasteiger partial charge in [0.1, 0.15) is 11.6 Å². The molecule has 0 saturated carbocycles. The number of carbonyl (C=O) groups is 1. The number of amides is 1. The van der Waals surface area contributed by atoms with Crippen molar-refractivity contribution in [1.29, 1.82) is 0 Å². The van der Waals surface area contributed by atoms with Gasteiger partial charge in [0.05, 0.1) is 0 Å². The van der Waals surface area contributed by atoms with Crippen LogP contribution >= 0.6 is 0 Å². The second-order valence-corrected chi connectivity index (χ2v) is 9.97. The molecule has 1 aromatic carbocycles. The number of piperazine rings is 1. The normalized spacial score (nSPS) is 16.1. The van der Waals surface area contributed by atoms with Crippen molar-refractivity contribution in [3.05, 3.63) is 41.5 Å². The lowest BCUT2D eigenvalue weighted by atomic mass is 9.96. The zero-order valence-corrected chi connectivity index (χ0v) is 17.9. The van der Waals surface area contributed by atoms with Gasteiger partial charge in [0.2, 0.25) is 21.8 Å². The topological polar surface area (TPSA) is 96.6 Å². The fourth-order valence-electron chi connectivity index (χ4n) is 3.07. The largest absolute Gasteiger partial charge is 0.340 e. The van der Waals surface area contributed by atoms with E-state index in [2.05, 4.69) is 10.1 Å². The molecule has 0 spiro atoms. The minimum atomic E-state index is -4.33. The van der Waals surface area contributed by atoms with Gasteiger partial charge in [-0.2, -0.15) is 9.29 Å². The molecule has 30 heavy (non-hydrogen) atoms. The monoisotopic (exact) mass is 442 g/mol. The van der Waals surface area contributed by atoms with E-state index in [1.165, 1.54) is 4.90 Å². The van der Waals surface area contributed by atoms with Gasteiger partial charge in [0, 0.05) is 44.4 Å². The van der Waals surface area contributed by atoms with Crippen LogP contribution in [0.15, 0.2) is 27.6 Å². The van der Waals surface area contributed by atoms with Gasteiger partial charge < -0.3 is 9.42 Å². The number of carbonyl (C=O) groups excluding carboxylic acids is 1. The first-order valence-corrected chi connectivity index (χ1v) is 11.0. The number of sulfonamides is 1. The summed E-state index contributed by atoms with van der Waals surface area (Å²) < 4.78 is 59.2. The molecule has 0 radical (unpaired) electrons. The van der Waals surface area contributed by atoms with Crippen molar-refractivity contribution in [3.63, 3.8) is 0 Å². The van der Waals surface area contributed by atoms with E-state index in [4.69, 9.17) is 4.52 Å². The van der Waals surface area contributed by atoms with Crippen LogP contribution in [-0.4, -0.2) is 59.8 Å². The van der Waals surface area contributed by atoms with Crippen LogP contribution in [-0.2, 0) is 26.7 Å². The maximum atomic E-state index is 13.9. The number of aryl methyl sites for hydroxylation is 1. The van der Waals surface area contributed by atoms with Crippen molar-refractivity contribution in [1.82, 2.24) is 19.3 Å². The Hall–Kier alpha value is -2.40. The predicted molar refractivity (Wildman–Crippen MR) is 103 cm³/mol. The van der Waals surface area contributed by atoms with Crippen molar-refractivity contribution >= 4 is 15.9 Å². The average molecular weight is 442 g/mol. The second kappa shape index (κ2) is 8.38. The van der Waals surface area contributed by atoms with Gasteiger partial charge in [-0.3, -0.25) is 4.79 Å². The van der Waals surface area contributed by atoms with Crippen LogP contribution in [0.5, 0.6) is 0 Å². The second-order valence-electron chi connectivity index (χ2n) is 8.10. The number of hydrogen-bond donors (Lipinski definition) is 0. The Kier molecular flexibility index (Phi) is 6.23. The molecule has 164 valence electrons. The first-order chi connectivity index (χ1) is 14.0. The molecule has 2 heterocycles. The minimum Gasteiger partial charge on any atom is -0.340 e. The third-order valence-electron chi connectivity index (χ3n) is 4.80. The minimum absolute atomic E-state index is 0.0451. The lowest BCUT2D eigenvalue weighted by molar-refractivity contribution is -0.132. The van der Waals surface area contributed by atoms with Crippen LogP contribution < -0.4 is 0 Å². The van der Waals surface area contributed by atoms with E-state index in [-0.39, 0.29) is 50.3 Å². The third kappa shape index (κ3) is 4.67. The molecule has 0 aliphatic carbocycles. The molecule has 11 heteroatoms. The molecule has 1 fully saturated rings. The fourth-order valence-corrected chi connectivity index (χ4v) is 4.60. The Balaban J connectivity index is 1.57. The summed E-state index contributed by atoms with van der Waals surface area (Å²) in [5, 5.41) is 3.91.